The Balaban J connectivity index is 2.24. The number of nitriles is 2. The van der Waals surface area contributed by atoms with E-state index in [-0.39, 0.29) is 18.8 Å². The molecule has 6 heteroatoms. The summed E-state index contributed by atoms with van der Waals surface area (Å²) in [4.78, 5) is 13.0. The molecule has 3 aromatic rings. The van der Waals surface area contributed by atoms with Crippen molar-refractivity contribution in [1.82, 2.24) is 4.57 Å². The zero-order chi connectivity index (χ0) is 20.1. The predicted molar refractivity (Wildman–Crippen MR) is 105 cm³/mol. The third kappa shape index (κ3) is 3.67. The Morgan fingerprint density at radius 3 is 2.39 bits per heavy atom. The molecule has 0 aliphatic rings. The van der Waals surface area contributed by atoms with E-state index < -0.39 is 0 Å². The molecule has 0 fully saturated rings. The number of fused-ring (bicyclic) bond motifs is 1. The van der Waals surface area contributed by atoms with Crippen molar-refractivity contribution < 1.29 is 9.47 Å². The first kappa shape index (κ1) is 19.0. The zero-order valence-electron chi connectivity index (χ0n) is 15.7. The van der Waals surface area contributed by atoms with Gasteiger partial charge in [0.2, 0.25) is 0 Å². The minimum absolute atomic E-state index is 0.0995. The summed E-state index contributed by atoms with van der Waals surface area (Å²) in [6.45, 7) is 1.63. The first-order valence-electron chi connectivity index (χ1n) is 8.76. The second kappa shape index (κ2) is 8.28. The van der Waals surface area contributed by atoms with Gasteiger partial charge in [-0.15, -0.1) is 0 Å². The number of hydrogen-bond acceptors (Lipinski definition) is 5. The molecular weight excluding hydrogens is 354 g/mol. The van der Waals surface area contributed by atoms with E-state index in [1.165, 1.54) is 0 Å². The number of hydrogen-bond donors (Lipinski definition) is 0. The Morgan fingerprint density at radius 1 is 1.04 bits per heavy atom. The molecule has 2 aromatic carbocycles. The minimum Gasteiger partial charge on any atom is -0.479 e. The van der Waals surface area contributed by atoms with Crippen LogP contribution < -0.4 is 15.0 Å². The van der Waals surface area contributed by atoms with Gasteiger partial charge in [0.15, 0.2) is 13.2 Å². The van der Waals surface area contributed by atoms with E-state index in [1.54, 1.807) is 23.7 Å². The van der Waals surface area contributed by atoms with Gasteiger partial charge in [-0.05, 0) is 18.1 Å². The van der Waals surface area contributed by atoms with Gasteiger partial charge in [-0.2, -0.15) is 10.5 Å². The highest BCUT2D eigenvalue weighted by Gasteiger charge is 2.18. The van der Waals surface area contributed by atoms with Crippen LogP contribution in [0.1, 0.15) is 16.7 Å². The van der Waals surface area contributed by atoms with Crippen LogP contribution in [0.4, 0.5) is 0 Å². The molecule has 28 heavy (non-hydrogen) atoms. The van der Waals surface area contributed by atoms with E-state index >= 15 is 0 Å². The van der Waals surface area contributed by atoms with Crippen LogP contribution in [0, 0.1) is 29.6 Å². The molecule has 140 valence electrons. The lowest BCUT2D eigenvalue weighted by Gasteiger charge is -2.17. The average molecular weight is 373 g/mol. The molecule has 0 spiro atoms. The van der Waals surface area contributed by atoms with Crippen molar-refractivity contribution in [2.45, 2.75) is 13.3 Å². The molecule has 0 radical (unpaired) electrons. The Labute approximate surface area is 162 Å². The van der Waals surface area contributed by atoms with Gasteiger partial charge in [0.25, 0.3) is 5.56 Å². The van der Waals surface area contributed by atoms with Gasteiger partial charge in [0.1, 0.15) is 23.6 Å². The quantitative estimate of drug-likeness (QED) is 0.662. The largest absolute Gasteiger partial charge is 0.479 e. The molecule has 0 saturated carbocycles. The molecule has 0 amide bonds. The summed E-state index contributed by atoms with van der Waals surface area (Å²) < 4.78 is 12.6. The number of ether oxygens (including phenoxy) is 2. The molecule has 6 nitrogen and oxygen atoms in total. The van der Waals surface area contributed by atoms with Crippen LogP contribution in [0.15, 0.2) is 47.3 Å². The SMILES string of the molecule is Cc1c(Cc2ccccc2)c(=O)n(C)c2cc(OCC#N)cc(OCC#N)c12. The van der Waals surface area contributed by atoms with Crippen molar-refractivity contribution in [2.24, 2.45) is 7.05 Å². The van der Waals surface area contributed by atoms with Gasteiger partial charge in [-0.25, -0.2) is 0 Å². The number of rotatable bonds is 6. The average Bonchev–Trinajstić information content (AvgIpc) is 2.72. The maximum absolute atomic E-state index is 13.0. The van der Waals surface area contributed by atoms with Crippen molar-refractivity contribution in [1.29, 1.82) is 10.5 Å². The lowest BCUT2D eigenvalue weighted by atomic mass is 9.97. The molecule has 0 aliphatic carbocycles. The minimum atomic E-state index is -0.132. The third-order valence-corrected chi connectivity index (χ3v) is 4.63. The van der Waals surface area contributed by atoms with Gasteiger partial charge in [0, 0.05) is 36.6 Å². The summed E-state index contributed by atoms with van der Waals surface area (Å²) in [5.74, 6) is 0.863. The third-order valence-electron chi connectivity index (χ3n) is 4.63. The Kier molecular flexibility index (Phi) is 5.62. The lowest BCUT2D eigenvalue weighted by Crippen LogP contribution is -2.23. The Morgan fingerprint density at radius 2 is 1.71 bits per heavy atom. The van der Waals surface area contributed by atoms with E-state index in [4.69, 9.17) is 20.0 Å². The molecule has 0 aliphatic heterocycles. The molecule has 0 unspecified atom stereocenters. The summed E-state index contributed by atoms with van der Waals surface area (Å²) in [6, 6.07) is 17.0. The van der Waals surface area contributed by atoms with Crippen LogP contribution in [0.3, 0.4) is 0 Å². The van der Waals surface area contributed by atoms with Crippen molar-refractivity contribution in [2.75, 3.05) is 13.2 Å². The van der Waals surface area contributed by atoms with Crippen LogP contribution in [0.25, 0.3) is 10.9 Å². The number of aromatic nitrogens is 1. The highest BCUT2D eigenvalue weighted by molar-refractivity contribution is 5.91. The summed E-state index contributed by atoms with van der Waals surface area (Å²) in [5.41, 5.74) is 3.05. The van der Waals surface area contributed by atoms with Crippen LogP contribution in [-0.2, 0) is 13.5 Å². The molecular formula is C22H19N3O3. The van der Waals surface area contributed by atoms with E-state index in [2.05, 4.69) is 0 Å². The van der Waals surface area contributed by atoms with Gasteiger partial charge in [-0.3, -0.25) is 4.79 Å². The maximum Gasteiger partial charge on any atom is 0.254 e. The smallest absolute Gasteiger partial charge is 0.254 e. The summed E-state index contributed by atoms with van der Waals surface area (Å²) in [6.07, 6.45) is 0.500. The zero-order valence-corrected chi connectivity index (χ0v) is 15.7. The van der Waals surface area contributed by atoms with Crippen LogP contribution in [-0.4, -0.2) is 17.8 Å². The van der Waals surface area contributed by atoms with Crippen molar-refractivity contribution >= 4 is 10.9 Å². The van der Waals surface area contributed by atoms with Crippen molar-refractivity contribution in [3.05, 3.63) is 69.5 Å². The molecule has 1 heterocycles. The molecule has 0 saturated heterocycles. The lowest BCUT2D eigenvalue weighted by molar-refractivity contribution is 0.352. The van der Waals surface area contributed by atoms with E-state index in [0.29, 0.717) is 29.0 Å². The van der Waals surface area contributed by atoms with E-state index in [1.807, 2.05) is 49.4 Å². The second-order valence-electron chi connectivity index (χ2n) is 6.34. The number of pyridine rings is 1. The Bertz CT molecular complexity index is 1150. The highest BCUT2D eigenvalue weighted by Crippen LogP contribution is 2.34. The standard InChI is InChI=1S/C22H19N3O3/c1-15-18(12-16-6-4-3-5-7-16)22(26)25(2)19-13-17(27-10-8-23)14-20(21(15)19)28-11-9-24/h3-7,13-14H,10-12H2,1-2H3. The first-order chi connectivity index (χ1) is 13.6. The van der Waals surface area contributed by atoms with Gasteiger partial charge < -0.3 is 14.0 Å². The Hall–Kier alpha value is -3.77. The van der Waals surface area contributed by atoms with Crippen molar-refractivity contribution in [3.8, 4) is 23.6 Å². The number of aryl methyl sites for hydroxylation is 2. The summed E-state index contributed by atoms with van der Waals surface area (Å²) in [7, 11) is 1.70. The van der Waals surface area contributed by atoms with Crippen molar-refractivity contribution in [3.63, 3.8) is 0 Å². The highest BCUT2D eigenvalue weighted by atomic mass is 16.5. The molecule has 1 aromatic heterocycles. The monoisotopic (exact) mass is 373 g/mol. The second-order valence-corrected chi connectivity index (χ2v) is 6.34. The van der Waals surface area contributed by atoms with Gasteiger partial charge in [0.05, 0.1) is 5.52 Å². The maximum atomic E-state index is 13.0. The molecule has 0 bridgehead atoms. The predicted octanol–water partition coefficient (Wildman–Crippen LogP) is 3.24. The summed E-state index contributed by atoms with van der Waals surface area (Å²) in [5, 5.41) is 18.4. The van der Waals surface area contributed by atoms with Crippen LogP contribution >= 0.6 is 0 Å². The molecule has 0 atom stereocenters. The fourth-order valence-electron chi connectivity index (χ4n) is 3.27. The normalized spacial score (nSPS) is 10.3. The topological polar surface area (TPSA) is 88.0 Å². The van der Waals surface area contributed by atoms with Crippen LogP contribution in [0.5, 0.6) is 11.5 Å². The summed E-state index contributed by atoms with van der Waals surface area (Å²) >= 11 is 0. The van der Waals surface area contributed by atoms with Gasteiger partial charge in [-0.1, -0.05) is 30.3 Å². The van der Waals surface area contributed by atoms with Gasteiger partial charge >= 0.3 is 0 Å². The fraction of sp³-hybridized carbons (Fsp3) is 0.227. The number of nitrogens with zero attached hydrogens (tertiary/aromatic N) is 3. The molecule has 3 rings (SSSR count). The van der Waals surface area contributed by atoms with E-state index in [0.717, 1.165) is 16.5 Å². The number of benzene rings is 2. The van der Waals surface area contributed by atoms with E-state index in [9.17, 15) is 4.79 Å². The molecule has 0 N–H and O–H groups in total. The first-order valence-corrected chi connectivity index (χ1v) is 8.76. The van der Waals surface area contributed by atoms with Crippen LogP contribution in [0.2, 0.25) is 0 Å². The fourth-order valence-corrected chi connectivity index (χ4v) is 3.27.